The van der Waals surface area contributed by atoms with E-state index >= 15 is 0 Å². The van der Waals surface area contributed by atoms with Crippen LogP contribution in [-0.4, -0.2) is 17.8 Å². The van der Waals surface area contributed by atoms with Gasteiger partial charge in [-0.1, -0.05) is 42.5 Å². The number of aldehydes is 1. The highest BCUT2D eigenvalue weighted by molar-refractivity contribution is 5.84. The summed E-state index contributed by atoms with van der Waals surface area (Å²) in [5.41, 5.74) is 5.76. The molecule has 0 spiro atoms. The average Bonchev–Trinajstić information content (AvgIpc) is 2.88. The summed E-state index contributed by atoms with van der Waals surface area (Å²) in [6, 6.07) is 16.1. The molecule has 0 unspecified atom stereocenters. The molecule has 0 saturated carbocycles. The third-order valence-corrected chi connectivity index (χ3v) is 4.02. The molecule has 3 nitrogen and oxygen atoms in total. The van der Waals surface area contributed by atoms with Gasteiger partial charge in [-0.05, 0) is 37.1 Å². The second-order valence-corrected chi connectivity index (χ2v) is 5.56. The van der Waals surface area contributed by atoms with E-state index < -0.39 is 0 Å². The molecule has 3 heteroatoms. The number of hydrogen-bond acceptors (Lipinski definition) is 2. The van der Waals surface area contributed by atoms with Crippen LogP contribution in [0.4, 0.5) is 0 Å². The molecule has 0 atom stereocenters. The van der Waals surface area contributed by atoms with Crippen molar-refractivity contribution in [3.05, 3.63) is 70.9 Å². The van der Waals surface area contributed by atoms with Crippen molar-refractivity contribution in [1.29, 1.82) is 0 Å². The molecule has 112 valence electrons. The molecule has 0 amide bonds. The number of nitrogens with one attached hydrogen (secondary N) is 2. The zero-order valence-corrected chi connectivity index (χ0v) is 12.7. The number of benzene rings is 2. The highest BCUT2D eigenvalue weighted by Crippen LogP contribution is 2.21. The number of aromatic amines is 1. The van der Waals surface area contributed by atoms with Crippen molar-refractivity contribution in [3.8, 4) is 0 Å². The van der Waals surface area contributed by atoms with Gasteiger partial charge in [-0.2, -0.15) is 0 Å². The maximum atomic E-state index is 10.6. The lowest BCUT2D eigenvalue weighted by molar-refractivity contribution is 0.112. The molecule has 0 fully saturated rings. The number of hydrogen-bond donors (Lipinski definition) is 2. The topological polar surface area (TPSA) is 44.9 Å². The lowest BCUT2D eigenvalue weighted by Gasteiger charge is -2.06. The van der Waals surface area contributed by atoms with Gasteiger partial charge in [0.25, 0.3) is 0 Å². The first-order chi connectivity index (χ1) is 10.8. The van der Waals surface area contributed by atoms with E-state index in [1.54, 1.807) is 0 Å². The van der Waals surface area contributed by atoms with Crippen molar-refractivity contribution in [2.45, 2.75) is 19.9 Å². The molecule has 0 aliphatic carbocycles. The normalized spacial score (nSPS) is 11.0. The van der Waals surface area contributed by atoms with Gasteiger partial charge in [-0.15, -0.1) is 0 Å². The molecule has 0 aliphatic rings. The Hall–Kier alpha value is -2.39. The van der Waals surface area contributed by atoms with E-state index in [1.807, 2.05) is 24.3 Å². The smallest absolute Gasteiger partial charge is 0.150 e. The molecule has 0 aliphatic heterocycles. The van der Waals surface area contributed by atoms with Crippen LogP contribution in [0.5, 0.6) is 0 Å². The molecular formula is C19H20N2O. The number of aryl methyl sites for hydroxylation is 1. The van der Waals surface area contributed by atoms with Gasteiger partial charge in [-0.25, -0.2) is 0 Å². The lowest BCUT2D eigenvalue weighted by Crippen LogP contribution is -2.16. The fourth-order valence-corrected chi connectivity index (χ4v) is 2.82. The van der Waals surface area contributed by atoms with Crippen molar-refractivity contribution in [3.63, 3.8) is 0 Å². The zero-order valence-electron chi connectivity index (χ0n) is 12.7. The Morgan fingerprint density at radius 3 is 2.64 bits per heavy atom. The van der Waals surface area contributed by atoms with Gasteiger partial charge in [-0.3, -0.25) is 4.79 Å². The number of carbonyl (C=O) groups is 1. The number of para-hydroxylation sites is 1. The number of carbonyl (C=O) groups excluding carboxylic acids is 1. The van der Waals surface area contributed by atoms with Gasteiger partial charge in [0.05, 0.1) is 0 Å². The van der Waals surface area contributed by atoms with Crippen molar-refractivity contribution >= 4 is 17.2 Å². The van der Waals surface area contributed by atoms with Crippen molar-refractivity contribution in [2.75, 3.05) is 6.54 Å². The third-order valence-electron chi connectivity index (χ3n) is 4.02. The fourth-order valence-electron chi connectivity index (χ4n) is 2.82. The minimum atomic E-state index is 0.721. The molecule has 0 saturated heterocycles. The predicted molar refractivity (Wildman–Crippen MR) is 90.3 cm³/mol. The highest BCUT2D eigenvalue weighted by atomic mass is 16.1. The van der Waals surface area contributed by atoms with Crippen LogP contribution in [0, 0.1) is 6.92 Å². The number of H-pyrrole nitrogens is 1. The summed E-state index contributed by atoms with van der Waals surface area (Å²) in [4.78, 5) is 14.1. The maximum absolute atomic E-state index is 10.6. The van der Waals surface area contributed by atoms with E-state index in [9.17, 15) is 4.79 Å². The van der Waals surface area contributed by atoms with Gasteiger partial charge in [0.1, 0.15) is 6.29 Å². The Balaban J connectivity index is 1.58. The molecule has 3 rings (SSSR count). The Labute approximate surface area is 130 Å². The minimum absolute atomic E-state index is 0.721. The van der Waals surface area contributed by atoms with E-state index in [2.05, 4.69) is 41.5 Å². The predicted octanol–water partition coefficient (Wildman–Crippen LogP) is 3.62. The second-order valence-electron chi connectivity index (χ2n) is 5.56. The van der Waals surface area contributed by atoms with Gasteiger partial charge in [0.2, 0.25) is 0 Å². The van der Waals surface area contributed by atoms with Crippen LogP contribution in [0.3, 0.4) is 0 Å². The zero-order chi connectivity index (χ0) is 15.4. The largest absolute Gasteiger partial charge is 0.358 e. The van der Waals surface area contributed by atoms with Crippen LogP contribution in [-0.2, 0) is 13.0 Å². The van der Waals surface area contributed by atoms with E-state index in [1.165, 1.54) is 27.7 Å². The van der Waals surface area contributed by atoms with Crippen LogP contribution in [0.15, 0.2) is 48.5 Å². The summed E-state index contributed by atoms with van der Waals surface area (Å²) in [6.45, 7) is 3.88. The number of fused-ring (bicyclic) bond motifs is 1. The summed E-state index contributed by atoms with van der Waals surface area (Å²) in [7, 11) is 0. The molecule has 0 radical (unpaired) electrons. The van der Waals surface area contributed by atoms with Crippen LogP contribution < -0.4 is 5.32 Å². The van der Waals surface area contributed by atoms with Crippen molar-refractivity contribution < 1.29 is 4.79 Å². The fraction of sp³-hybridized carbons (Fsp3) is 0.211. The monoisotopic (exact) mass is 292 g/mol. The Morgan fingerprint density at radius 2 is 1.86 bits per heavy atom. The summed E-state index contributed by atoms with van der Waals surface area (Å²) >= 11 is 0. The SMILES string of the molecule is Cc1[nH]c2ccccc2c1CCNCc1ccc(C=O)cc1. The van der Waals surface area contributed by atoms with E-state index in [4.69, 9.17) is 0 Å². The Morgan fingerprint density at radius 1 is 1.09 bits per heavy atom. The first kappa shape index (κ1) is 14.5. The minimum Gasteiger partial charge on any atom is -0.358 e. The molecule has 1 heterocycles. The summed E-state index contributed by atoms with van der Waals surface area (Å²) in [5.74, 6) is 0. The van der Waals surface area contributed by atoms with Gasteiger partial charge >= 0.3 is 0 Å². The van der Waals surface area contributed by atoms with E-state index in [0.717, 1.165) is 31.4 Å². The standard InChI is InChI=1S/C19H20N2O/c1-14-17(18-4-2-3-5-19(18)21-14)10-11-20-12-15-6-8-16(13-22)9-7-15/h2-9,13,20-21H,10-12H2,1H3. The van der Waals surface area contributed by atoms with Gasteiger partial charge in [0.15, 0.2) is 0 Å². The summed E-state index contributed by atoms with van der Waals surface area (Å²) in [6.07, 6.45) is 1.87. The summed E-state index contributed by atoms with van der Waals surface area (Å²) < 4.78 is 0. The first-order valence-electron chi connectivity index (χ1n) is 7.59. The van der Waals surface area contributed by atoms with Crippen LogP contribution >= 0.6 is 0 Å². The Bertz CT molecular complexity index is 772. The van der Waals surface area contributed by atoms with E-state index in [0.29, 0.717) is 0 Å². The number of aromatic nitrogens is 1. The van der Waals surface area contributed by atoms with Crippen LogP contribution in [0.1, 0.15) is 27.2 Å². The van der Waals surface area contributed by atoms with Crippen LogP contribution in [0.25, 0.3) is 10.9 Å². The van der Waals surface area contributed by atoms with Crippen molar-refractivity contribution in [1.82, 2.24) is 10.3 Å². The maximum Gasteiger partial charge on any atom is 0.150 e. The molecule has 3 aromatic rings. The van der Waals surface area contributed by atoms with Crippen LogP contribution in [0.2, 0.25) is 0 Å². The van der Waals surface area contributed by atoms with Gasteiger partial charge in [0, 0.05) is 28.7 Å². The molecule has 0 bridgehead atoms. The third kappa shape index (κ3) is 3.10. The van der Waals surface area contributed by atoms with Gasteiger partial charge < -0.3 is 10.3 Å². The lowest BCUT2D eigenvalue weighted by atomic mass is 10.1. The molecular weight excluding hydrogens is 272 g/mol. The Kier molecular flexibility index (Phi) is 4.35. The van der Waals surface area contributed by atoms with Crippen molar-refractivity contribution in [2.24, 2.45) is 0 Å². The number of rotatable bonds is 6. The molecule has 1 aromatic heterocycles. The van der Waals surface area contributed by atoms with E-state index in [-0.39, 0.29) is 0 Å². The summed E-state index contributed by atoms with van der Waals surface area (Å²) in [5, 5.41) is 4.78. The molecule has 2 N–H and O–H groups in total. The average molecular weight is 292 g/mol. The molecule has 2 aromatic carbocycles. The molecule has 22 heavy (non-hydrogen) atoms. The quantitative estimate of drug-likeness (QED) is 0.538. The first-order valence-corrected chi connectivity index (χ1v) is 7.59. The highest BCUT2D eigenvalue weighted by Gasteiger charge is 2.06. The second kappa shape index (κ2) is 6.58.